The summed E-state index contributed by atoms with van der Waals surface area (Å²) in [5, 5.41) is 8.37. The van der Waals surface area contributed by atoms with Crippen molar-refractivity contribution in [2.24, 2.45) is 0 Å². The Hall–Kier alpha value is -1.43. The largest absolute Gasteiger partial charge is 0.481 e. The molecule has 0 unspecified atom stereocenters. The fraction of sp³-hybridized carbons (Fsp3) is 0.300. The molecule has 0 bridgehead atoms. The zero-order valence-electron chi connectivity index (χ0n) is 8.39. The number of sulfone groups is 1. The third-order valence-electron chi connectivity index (χ3n) is 1.96. The highest BCUT2D eigenvalue weighted by molar-refractivity contribution is 7.91. The Kier molecular flexibility index (Phi) is 4.00. The zero-order valence-corrected chi connectivity index (χ0v) is 9.21. The zero-order chi connectivity index (χ0) is 12.2. The quantitative estimate of drug-likeness (QED) is 0.853. The van der Waals surface area contributed by atoms with Gasteiger partial charge < -0.3 is 5.11 Å². The van der Waals surface area contributed by atoms with E-state index < -0.39 is 21.6 Å². The Morgan fingerprint density at radius 2 is 2.06 bits per heavy atom. The molecular weight excluding hydrogens is 235 g/mol. The van der Waals surface area contributed by atoms with Crippen molar-refractivity contribution in [3.63, 3.8) is 0 Å². The second-order valence-corrected chi connectivity index (χ2v) is 5.38. The van der Waals surface area contributed by atoms with E-state index in [4.69, 9.17) is 5.11 Å². The third-order valence-corrected chi connectivity index (χ3v) is 3.76. The predicted molar refractivity (Wildman–Crippen MR) is 55.3 cm³/mol. The molecule has 1 aromatic rings. The van der Waals surface area contributed by atoms with Gasteiger partial charge in [0.05, 0.1) is 10.6 Å². The van der Waals surface area contributed by atoms with E-state index in [9.17, 15) is 17.6 Å². The molecule has 1 aromatic carbocycles. The van der Waals surface area contributed by atoms with Crippen molar-refractivity contribution < 1.29 is 22.7 Å². The highest BCUT2D eigenvalue weighted by Gasteiger charge is 2.15. The number of hydrogen-bond acceptors (Lipinski definition) is 3. The van der Waals surface area contributed by atoms with E-state index >= 15 is 0 Å². The molecule has 0 amide bonds. The number of carboxylic acids is 1. The van der Waals surface area contributed by atoms with Gasteiger partial charge in [-0.25, -0.2) is 12.8 Å². The van der Waals surface area contributed by atoms with Crippen LogP contribution in [0.1, 0.15) is 12.8 Å². The van der Waals surface area contributed by atoms with E-state index in [-0.39, 0.29) is 23.5 Å². The molecule has 0 aliphatic heterocycles. The molecule has 0 heterocycles. The summed E-state index contributed by atoms with van der Waals surface area (Å²) in [5.41, 5.74) is 0. The van der Waals surface area contributed by atoms with E-state index in [1.807, 2.05) is 0 Å². The monoisotopic (exact) mass is 246 g/mol. The number of carbonyl (C=O) groups is 1. The summed E-state index contributed by atoms with van der Waals surface area (Å²) in [6.07, 6.45) is -0.192. The normalized spacial score (nSPS) is 11.3. The highest BCUT2D eigenvalue weighted by atomic mass is 32.2. The minimum atomic E-state index is -3.58. The van der Waals surface area contributed by atoms with Gasteiger partial charge in [-0.05, 0) is 24.6 Å². The van der Waals surface area contributed by atoms with Gasteiger partial charge in [0.15, 0.2) is 9.84 Å². The van der Waals surface area contributed by atoms with Crippen molar-refractivity contribution in [2.75, 3.05) is 5.75 Å². The van der Waals surface area contributed by atoms with Gasteiger partial charge in [0.1, 0.15) is 5.82 Å². The number of aliphatic carboxylic acids is 1. The average molecular weight is 246 g/mol. The Bertz CT molecular complexity index is 481. The van der Waals surface area contributed by atoms with Gasteiger partial charge >= 0.3 is 5.97 Å². The molecule has 16 heavy (non-hydrogen) atoms. The van der Waals surface area contributed by atoms with E-state index in [1.165, 1.54) is 12.1 Å². The van der Waals surface area contributed by atoms with Crippen LogP contribution in [0.5, 0.6) is 0 Å². The Morgan fingerprint density at radius 3 is 2.62 bits per heavy atom. The summed E-state index contributed by atoms with van der Waals surface area (Å²) in [7, 11) is -3.58. The summed E-state index contributed by atoms with van der Waals surface area (Å²) in [4.78, 5) is 10.1. The molecule has 0 saturated heterocycles. The van der Waals surface area contributed by atoms with Crippen LogP contribution in [0.25, 0.3) is 0 Å². The molecule has 0 aliphatic carbocycles. The third kappa shape index (κ3) is 3.62. The van der Waals surface area contributed by atoms with Crippen LogP contribution < -0.4 is 0 Å². The molecule has 0 radical (unpaired) electrons. The molecular formula is C10H11FO4S. The van der Waals surface area contributed by atoms with Gasteiger partial charge in [0.25, 0.3) is 0 Å². The van der Waals surface area contributed by atoms with Crippen molar-refractivity contribution in [3.8, 4) is 0 Å². The van der Waals surface area contributed by atoms with Crippen LogP contribution in [0, 0.1) is 5.82 Å². The van der Waals surface area contributed by atoms with Crippen molar-refractivity contribution in [2.45, 2.75) is 17.7 Å². The van der Waals surface area contributed by atoms with Gasteiger partial charge in [-0.15, -0.1) is 0 Å². The molecule has 0 fully saturated rings. The summed E-state index contributed by atoms with van der Waals surface area (Å²) >= 11 is 0. The van der Waals surface area contributed by atoms with E-state index in [0.29, 0.717) is 0 Å². The highest BCUT2D eigenvalue weighted by Crippen LogP contribution is 2.13. The Labute approximate surface area is 92.6 Å². The summed E-state index contributed by atoms with van der Waals surface area (Å²) < 4.78 is 36.0. The van der Waals surface area contributed by atoms with E-state index in [0.717, 1.165) is 12.1 Å². The lowest BCUT2D eigenvalue weighted by Gasteiger charge is -2.03. The summed E-state index contributed by atoms with van der Waals surface area (Å²) in [6, 6.07) is 4.67. The van der Waals surface area contributed by atoms with Crippen LogP contribution in [0.4, 0.5) is 4.39 Å². The molecule has 0 aromatic heterocycles. The van der Waals surface area contributed by atoms with Gasteiger partial charge in [-0.3, -0.25) is 4.79 Å². The fourth-order valence-electron chi connectivity index (χ4n) is 1.19. The van der Waals surface area contributed by atoms with Crippen LogP contribution in [0.15, 0.2) is 29.2 Å². The van der Waals surface area contributed by atoms with E-state index in [1.54, 1.807) is 0 Å². The first-order valence-corrected chi connectivity index (χ1v) is 6.27. The van der Waals surface area contributed by atoms with E-state index in [2.05, 4.69) is 0 Å². The molecule has 0 aliphatic rings. The number of carboxylic acid groups (broad SMARTS) is 1. The van der Waals surface area contributed by atoms with Gasteiger partial charge in [-0.1, -0.05) is 6.07 Å². The number of rotatable bonds is 5. The Balaban J connectivity index is 2.74. The SMILES string of the molecule is O=C(O)CCCS(=O)(=O)c1cccc(F)c1. The van der Waals surface area contributed by atoms with Crippen LogP contribution in [-0.2, 0) is 14.6 Å². The van der Waals surface area contributed by atoms with Crippen molar-refractivity contribution in [1.29, 1.82) is 0 Å². The van der Waals surface area contributed by atoms with Crippen molar-refractivity contribution in [1.82, 2.24) is 0 Å². The van der Waals surface area contributed by atoms with Gasteiger partial charge in [0.2, 0.25) is 0 Å². The van der Waals surface area contributed by atoms with Crippen LogP contribution >= 0.6 is 0 Å². The lowest BCUT2D eigenvalue weighted by molar-refractivity contribution is -0.137. The van der Waals surface area contributed by atoms with Crippen LogP contribution in [0.3, 0.4) is 0 Å². The predicted octanol–water partition coefficient (Wildman–Crippen LogP) is 1.46. The molecule has 0 atom stereocenters. The first kappa shape index (κ1) is 12.6. The second kappa shape index (κ2) is 5.07. The molecule has 0 saturated carbocycles. The second-order valence-electron chi connectivity index (χ2n) is 3.27. The average Bonchev–Trinajstić information content (AvgIpc) is 2.16. The van der Waals surface area contributed by atoms with Crippen molar-refractivity contribution >= 4 is 15.8 Å². The summed E-state index contributed by atoms with van der Waals surface area (Å²) in [5.74, 6) is -1.96. The summed E-state index contributed by atoms with van der Waals surface area (Å²) in [6.45, 7) is 0. The maximum absolute atomic E-state index is 12.8. The van der Waals surface area contributed by atoms with Gasteiger partial charge in [0, 0.05) is 6.42 Å². The maximum Gasteiger partial charge on any atom is 0.303 e. The molecule has 88 valence electrons. The molecule has 6 heteroatoms. The standard InChI is InChI=1S/C10H11FO4S/c11-8-3-1-4-9(7-8)16(14,15)6-2-5-10(12)13/h1,3-4,7H,2,5-6H2,(H,12,13). The smallest absolute Gasteiger partial charge is 0.303 e. The van der Waals surface area contributed by atoms with Crippen LogP contribution in [0.2, 0.25) is 0 Å². The lowest BCUT2D eigenvalue weighted by Crippen LogP contribution is -2.08. The lowest BCUT2D eigenvalue weighted by atomic mass is 10.3. The topological polar surface area (TPSA) is 71.4 Å². The maximum atomic E-state index is 12.8. The first-order valence-electron chi connectivity index (χ1n) is 4.62. The number of halogens is 1. The number of benzene rings is 1. The number of hydrogen-bond donors (Lipinski definition) is 1. The van der Waals surface area contributed by atoms with Crippen molar-refractivity contribution in [3.05, 3.63) is 30.1 Å². The molecule has 1 N–H and O–H groups in total. The fourth-order valence-corrected chi connectivity index (χ4v) is 2.53. The van der Waals surface area contributed by atoms with Gasteiger partial charge in [-0.2, -0.15) is 0 Å². The Morgan fingerprint density at radius 1 is 1.38 bits per heavy atom. The van der Waals surface area contributed by atoms with Crippen LogP contribution in [-0.4, -0.2) is 25.2 Å². The minimum Gasteiger partial charge on any atom is -0.481 e. The molecule has 1 rings (SSSR count). The minimum absolute atomic E-state index is 0.0220. The molecule has 0 spiro atoms. The molecule has 4 nitrogen and oxygen atoms in total. The first-order chi connectivity index (χ1) is 7.42.